The Kier molecular flexibility index (Phi) is 6.00. The van der Waals surface area contributed by atoms with Crippen molar-refractivity contribution in [1.29, 1.82) is 0 Å². The van der Waals surface area contributed by atoms with Crippen LogP contribution in [-0.2, 0) is 23.1 Å². The van der Waals surface area contributed by atoms with E-state index in [1.54, 1.807) is 19.2 Å². The van der Waals surface area contributed by atoms with Gasteiger partial charge in [0.15, 0.2) is 0 Å². The highest BCUT2D eigenvalue weighted by Crippen LogP contribution is 2.29. The summed E-state index contributed by atoms with van der Waals surface area (Å²) in [6.45, 7) is 7.19. The first kappa shape index (κ1) is 21.3. The van der Waals surface area contributed by atoms with E-state index in [4.69, 9.17) is 0 Å². The van der Waals surface area contributed by atoms with Gasteiger partial charge in [-0.15, -0.1) is 0 Å². The van der Waals surface area contributed by atoms with Gasteiger partial charge in [-0.25, -0.2) is 8.42 Å². The molecule has 6 nitrogen and oxygen atoms in total. The molecule has 3 rings (SSSR count). The van der Waals surface area contributed by atoms with Crippen molar-refractivity contribution in [2.45, 2.75) is 45.2 Å². The standard InChI is InChI=1S/C22H30N4O2S/c1-7-13-26-17(3)21(16(2)23-26)15-25(6)29(27,28)19-11-12-20-18(14-19)9-8-10-22(20)24(4)5/h8-12,14H,7,13,15H2,1-6H3. The second-order valence-electron chi connectivity index (χ2n) is 7.69. The SMILES string of the molecule is CCCn1nc(C)c(CN(C)S(=O)(=O)c2ccc3c(N(C)C)cccc3c2)c1C. The predicted molar refractivity (Wildman–Crippen MR) is 119 cm³/mol. The third-order valence-electron chi connectivity index (χ3n) is 5.37. The van der Waals surface area contributed by atoms with E-state index >= 15 is 0 Å². The second-order valence-corrected chi connectivity index (χ2v) is 9.73. The van der Waals surface area contributed by atoms with Crippen molar-refractivity contribution in [2.75, 3.05) is 26.0 Å². The highest BCUT2D eigenvalue weighted by Gasteiger charge is 2.24. The molecule has 0 saturated heterocycles. The van der Waals surface area contributed by atoms with E-state index in [2.05, 4.69) is 12.0 Å². The van der Waals surface area contributed by atoms with E-state index in [1.165, 1.54) is 4.31 Å². The fourth-order valence-corrected chi connectivity index (χ4v) is 4.85. The van der Waals surface area contributed by atoms with Gasteiger partial charge in [-0.1, -0.05) is 25.1 Å². The molecule has 2 aromatic carbocycles. The van der Waals surface area contributed by atoms with Crippen LogP contribution >= 0.6 is 0 Å². The largest absolute Gasteiger partial charge is 0.377 e. The number of benzene rings is 2. The lowest BCUT2D eigenvalue weighted by molar-refractivity contribution is 0.464. The van der Waals surface area contributed by atoms with Crippen LogP contribution in [0.3, 0.4) is 0 Å². The summed E-state index contributed by atoms with van der Waals surface area (Å²) in [6.07, 6.45) is 0.988. The van der Waals surface area contributed by atoms with E-state index in [0.717, 1.165) is 46.4 Å². The van der Waals surface area contributed by atoms with E-state index in [-0.39, 0.29) is 0 Å². The highest BCUT2D eigenvalue weighted by atomic mass is 32.2. The number of rotatable bonds is 7. The minimum atomic E-state index is -3.62. The summed E-state index contributed by atoms with van der Waals surface area (Å²) in [6, 6.07) is 11.3. The molecule has 1 heterocycles. The highest BCUT2D eigenvalue weighted by molar-refractivity contribution is 7.89. The first-order valence-electron chi connectivity index (χ1n) is 9.86. The van der Waals surface area contributed by atoms with Gasteiger partial charge in [0.1, 0.15) is 0 Å². The molecule has 0 spiro atoms. The fraction of sp³-hybridized carbons (Fsp3) is 0.409. The number of anilines is 1. The Hall–Kier alpha value is -2.38. The molecule has 0 N–H and O–H groups in total. The molecule has 0 saturated carbocycles. The zero-order chi connectivity index (χ0) is 21.3. The smallest absolute Gasteiger partial charge is 0.243 e. The van der Waals surface area contributed by atoms with E-state index < -0.39 is 10.0 Å². The summed E-state index contributed by atoms with van der Waals surface area (Å²) < 4.78 is 29.9. The quantitative estimate of drug-likeness (QED) is 0.587. The number of sulfonamides is 1. The Labute approximate surface area is 173 Å². The number of aryl methyl sites for hydroxylation is 2. The number of hydrogen-bond donors (Lipinski definition) is 0. The van der Waals surface area contributed by atoms with Crippen LogP contribution in [0.4, 0.5) is 5.69 Å². The van der Waals surface area contributed by atoms with Gasteiger partial charge in [0.25, 0.3) is 0 Å². The van der Waals surface area contributed by atoms with Gasteiger partial charge < -0.3 is 4.90 Å². The Morgan fingerprint density at radius 1 is 1.07 bits per heavy atom. The summed E-state index contributed by atoms with van der Waals surface area (Å²) in [5.41, 5.74) is 3.95. The van der Waals surface area contributed by atoms with Gasteiger partial charge in [-0.2, -0.15) is 9.40 Å². The first-order valence-corrected chi connectivity index (χ1v) is 11.3. The monoisotopic (exact) mass is 414 g/mol. The molecule has 0 unspecified atom stereocenters. The molecule has 0 aliphatic rings. The summed E-state index contributed by atoms with van der Waals surface area (Å²) in [5, 5.41) is 6.51. The summed E-state index contributed by atoms with van der Waals surface area (Å²) in [7, 11) is 1.98. The fourth-order valence-electron chi connectivity index (χ4n) is 3.68. The topological polar surface area (TPSA) is 58.4 Å². The van der Waals surface area contributed by atoms with Crippen LogP contribution < -0.4 is 4.90 Å². The average Bonchev–Trinajstić information content (AvgIpc) is 2.94. The molecule has 29 heavy (non-hydrogen) atoms. The Bertz CT molecular complexity index is 1130. The lowest BCUT2D eigenvalue weighted by atomic mass is 10.1. The molecule has 0 amide bonds. The molecule has 0 bridgehead atoms. The van der Waals surface area contributed by atoms with E-state index in [1.807, 2.05) is 61.8 Å². The lowest BCUT2D eigenvalue weighted by Gasteiger charge is -2.19. The maximum Gasteiger partial charge on any atom is 0.243 e. The third-order valence-corrected chi connectivity index (χ3v) is 7.17. The molecule has 0 atom stereocenters. The van der Waals surface area contributed by atoms with Gasteiger partial charge in [-0.3, -0.25) is 4.68 Å². The van der Waals surface area contributed by atoms with Crippen molar-refractivity contribution >= 4 is 26.5 Å². The molecule has 0 aliphatic carbocycles. The molecule has 0 aliphatic heterocycles. The van der Waals surface area contributed by atoms with Gasteiger partial charge in [-0.05, 0) is 43.9 Å². The van der Waals surface area contributed by atoms with Gasteiger partial charge in [0, 0.05) is 56.6 Å². The molecule has 1 aromatic heterocycles. The molecule has 156 valence electrons. The van der Waals surface area contributed by atoms with E-state index in [0.29, 0.717) is 11.4 Å². The lowest BCUT2D eigenvalue weighted by Crippen LogP contribution is -2.27. The van der Waals surface area contributed by atoms with Crippen LogP contribution in [-0.4, -0.2) is 43.6 Å². The van der Waals surface area contributed by atoms with Crippen molar-refractivity contribution in [3.63, 3.8) is 0 Å². The summed E-state index contributed by atoms with van der Waals surface area (Å²) in [4.78, 5) is 2.34. The molecule has 0 fully saturated rings. The van der Waals surface area contributed by atoms with Gasteiger partial charge in [0.05, 0.1) is 10.6 Å². The van der Waals surface area contributed by atoms with Crippen molar-refractivity contribution < 1.29 is 8.42 Å². The third kappa shape index (κ3) is 4.02. The minimum absolute atomic E-state index is 0.305. The van der Waals surface area contributed by atoms with Crippen LogP contribution in [0.2, 0.25) is 0 Å². The second kappa shape index (κ2) is 8.16. The van der Waals surface area contributed by atoms with Crippen LogP contribution in [0.15, 0.2) is 41.3 Å². The Morgan fingerprint density at radius 2 is 1.79 bits per heavy atom. The zero-order valence-electron chi connectivity index (χ0n) is 18.1. The molecular weight excluding hydrogens is 384 g/mol. The van der Waals surface area contributed by atoms with Crippen molar-refractivity contribution in [1.82, 2.24) is 14.1 Å². The molecule has 7 heteroatoms. The first-order chi connectivity index (χ1) is 13.7. The van der Waals surface area contributed by atoms with Gasteiger partial charge in [0.2, 0.25) is 10.0 Å². The number of hydrogen-bond acceptors (Lipinski definition) is 4. The summed E-state index contributed by atoms with van der Waals surface area (Å²) >= 11 is 0. The molecule has 3 aromatic rings. The van der Waals surface area contributed by atoms with Gasteiger partial charge >= 0.3 is 0 Å². The molecule has 0 radical (unpaired) electrons. The molecular formula is C22H30N4O2S. The maximum absolute atomic E-state index is 13.2. The number of fused-ring (bicyclic) bond motifs is 1. The van der Waals surface area contributed by atoms with Crippen LogP contribution in [0.5, 0.6) is 0 Å². The summed E-state index contributed by atoms with van der Waals surface area (Å²) in [5.74, 6) is 0. The van der Waals surface area contributed by atoms with Crippen molar-refractivity contribution in [3.8, 4) is 0 Å². The predicted octanol–water partition coefficient (Wildman–Crippen LogP) is 3.95. The maximum atomic E-state index is 13.2. The van der Waals surface area contributed by atoms with E-state index in [9.17, 15) is 8.42 Å². The van der Waals surface area contributed by atoms with Crippen molar-refractivity contribution in [2.24, 2.45) is 0 Å². The number of aromatic nitrogens is 2. The van der Waals surface area contributed by atoms with Crippen molar-refractivity contribution in [3.05, 3.63) is 53.3 Å². The van der Waals surface area contributed by atoms with Crippen LogP contribution in [0.1, 0.15) is 30.3 Å². The van der Waals surface area contributed by atoms with Crippen LogP contribution in [0.25, 0.3) is 10.8 Å². The number of nitrogens with zero attached hydrogens (tertiary/aromatic N) is 4. The normalized spacial score (nSPS) is 12.1. The van der Waals surface area contributed by atoms with Crippen LogP contribution in [0, 0.1) is 13.8 Å². The zero-order valence-corrected chi connectivity index (χ0v) is 18.9. The average molecular weight is 415 g/mol. The minimum Gasteiger partial charge on any atom is -0.377 e. The Morgan fingerprint density at radius 3 is 2.45 bits per heavy atom. The Balaban J connectivity index is 1.95.